The Bertz CT molecular complexity index is 1530. The summed E-state index contributed by atoms with van der Waals surface area (Å²) in [6.07, 6.45) is -0.316. The second kappa shape index (κ2) is 13.5. The van der Waals surface area contributed by atoms with E-state index in [9.17, 15) is 18.0 Å². The first kappa shape index (κ1) is 32.2. The minimum Gasteiger partial charge on any atom is -0.445 e. The number of nitrogens with one attached hydrogen (secondary N) is 2. The van der Waals surface area contributed by atoms with Crippen molar-refractivity contribution in [2.75, 3.05) is 18.1 Å². The Kier molecular flexibility index (Phi) is 10.6. The molecule has 1 atom stereocenters. The Labute approximate surface area is 253 Å². The number of amides is 2. The monoisotopic (exact) mass is 639 g/mol. The molecular formula is C27H28Cl3N5O5S. The third-order valence-corrected chi connectivity index (χ3v) is 7.13. The standard InChI is InChI=1S/C27H28Cl3N5O5S/c1-2-14-35(20-7-5-6-19(15-20)24(31)34-26(37)40-16-27(28,29)30)23(25(32)36)18-12-10-17(11-13-18)21-8-3-4-9-22(21)41(33,38)39/h3-13,15,23H,2,14,16H2,1H3,(H2,32,36)(H2,31,34,37)(H2,33,38,39). The number of benzene rings is 3. The van der Waals surface area contributed by atoms with Gasteiger partial charge in [0, 0.05) is 23.4 Å². The van der Waals surface area contributed by atoms with E-state index in [2.05, 4.69) is 5.32 Å². The number of primary amides is 1. The first-order valence-electron chi connectivity index (χ1n) is 12.2. The highest BCUT2D eigenvalue weighted by atomic mass is 35.6. The van der Waals surface area contributed by atoms with Crippen LogP contribution < -0.4 is 21.1 Å². The molecule has 0 aromatic heterocycles. The lowest BCUT2D eigenvalue weighted by atomic mass is 9.98. The van der Waals surface area contributed by atoms with Crippen LogP contribution in [-0.4, -0.2) is 43.2 Å². The van der Waals surface area contributed by atoms with Crippen LogP contribution in [0.4, 0.5) is 10.5 Å². The van der Waals surface area contributed by atoms with E-state index in [4.69, 9.17) is 55.8 Å². The molecule has 10 nitrogen and oxygen atoms in total. The zero-order chi connectivity index (χ0) is 30.4. The van der Waals surface area contributed by atoms with Crippen molar-refractivity contribution in [3.63, 3.8) is 0 Å². The SMILES string of the molecule is CCCN(c1cccc(C(=N)NC(=O)OCC(Cl)(Cl)Cl)c1)C(C(N)=O)c1ccc(-c2ccccc2S(N)(=O)=O)cc1. The number of primary sulfonamides is 1. The second-order valence-electron chi connectivity index (χ2n) is 8.90. The summed E-state index contributed by atoms with van der Waals surface area (Å²) in [7, 11) is -3.96. The molecule has 0 bridgehead atoms. The lowest BCUT2D eigenvalue weighted by molar-refractivity contribution is -0.119. The van der Waals surface area contributed by atoms with Gasteiger partial charge in [0.2, 0.25) is 19.7 Å². The van der Waals surface area contributed by atoms with E-state index in [0.29, 0.717) is 40.9 Å². The van der Waals surface area contributed by atoms with Crippen molar-refractivity contribution in [2.24, 2.45) is 10.9 Å². The Balaban J connectivity index is 1.91. The highest BCUT2D eigenvalue weighted by Crippen LogP contribution is 2.32. The normalized spacial score (nSPS) is 12.3. The molecule has 3 aromatic carbocycles. The van der Waals surface area contributed by atoms with E-state index < -0.39 is 38.5 Å². The molecule has 2 amide bonds. The minimum atomic E-state index is -3.96. The van der Waals surface area contributed by atoms with Gasteiger partial charge in [-0.3, -0.25) is 15.5 Å². The van der Waals surface area contributed by atoms with Crippen molar-refractivity contribution in [3.8, 4) is 11.1 Å². The Morgan fingerprint density at radius 1 is 1.05 bits per heavy atom. The fourth-order valence-electron chi connectivity index (χ4n) is 4.14. The molecule has 0 aliphatic rings. The molecule has 41 heavy (non-hydrogen) atoms. The number of halogens is 3. The van der Waals surface area contributed by atoms with Crippen molar-refractivity contribution in [2.45, 2.75) is 28.1 Å². The number of nitrogens with zero attached hydrogens (tertiary/aromatic N) is 1. The molecule has 3 aromatic rings. The van der Waals surface area contributed by atoms with Crippen LogP contribution in [0.5, 0.6) is 0 Å². The van der Waals surface area contributed by atoms with Crippen molar-refractivity contribution in [3.05, 3.63) is 83.9 Å². The summed E-state index contributed by atoms with van der Waals surface area (Å²) in [5, 5.41) is 15.9. The molecule has 0 aliphatic heterocycles. The summed E-state index contributed by atoms with van der Waals surface area (Å²) in [6.45, 7) is 1.86. The Morgan fingerprint density at radius 2 is 1.71 bits per heavy atom. The number of rotatable bonds is 10. The summed E-state index contributed by atoms with van der Waals surface area (Å²) in [4.78, 5) is 26.6. The number of amidine groups is 1. The number of ether oxygens (including phenoxy) is 1. The fraction of sp³-hybridized carbons (Fsp3) is 0.222. The molecule has 0 fully saturated rings. The average Bonchev–Trinajstić information content (AvgIpc) is 2.91. The van der Waals surface area contributed by atoms with Crippen LogP contribution in [0.3, 0.4) is 0 Å². The minimum absolute atomic E-state index is 0.0177. The number of sulfonamides is 1. The van der Waals surface area contributed by atoms with Crippen molar-refractivity contribution >= 4 is 68.3 Å². The smallest absolute Gasteiger partial charge is 0.412 e. The van der Waals surface area contributed by atoms with Crippen LogP contribution in [0.25, 0.3) is 11.1 Å². The van der Waals surface area contributed by atoms with Gasteiger partial charge in [0.1, 0.15) is 18.5 Å². The number of carbonyl (C=O) groups excluding carboxylic acids is 2. The molecule has 0 heterocycles. The second-order valence-corrected chi connectivity index (χ2v) is 12.9. The lowest BCUT2D eigenvalue weighted by Gasteiger charge is -2.32. The van der Waals surface area contributed by atoms with E-state index in [1.807, 2.05) is 6.92 Å². The largest absolute Gasteiger partial charge is 0.445 e. The molecule has 0 saturated carbocycles. The van der Waals surface area contributed by atoms with Gasteiger partial charge in [0.15, 0.2) is 0 Å². The van der Waals surface area contributed by atoms with Gasteiger partial charge in [0.05, 0.1) is 4.90 Å². The maximum absolute atomic E-state index is 12.8. The van der Waals surface area contributed by atoms with Gasteiger partial charge in [0.25, 0.3) is 0 Å². The number of hydrogen-bond acceptors (Lipinski definition) is 7. The molecule has 0 spiro atoms. The predicted molar refractivity (Wildman–Crippen MR) is 161 cm³/mol. The van der Waals surface area contributed by atoms with Gasteiger partial charge in [-0.05, 0) is 35.7 Å². The quantitative estimate of drug-likeness (QED) is 0.140. The molecule has 1 unspecified atom stereocenters. The van der Waals surface area contributed by atoms with Crippen LogP contribution in [0, 0.1) is 5.41 Å². The van der Waals surface area contributed by atoms with Crippen LogP contribution in [0.15, 0.2) is 77.7 Å². The number of alkyl carbamates (subject to hydrolysis) is 1. The van der Waals surface area contributed by atoms with Crippen molar-refractivity contribution < 1.29 is 22.7 Å². The first-order chi connectivity index (χ1) is 19.2. The number of nitrogens with two attached hydrogens (primary N) is 2. The van der Waals surface area contributed by atoms with Gasteiger partial charge in [-0.1, -0.05) is 96.3 Å². The van der Waals surface area contributed by atoms with Crippen LogP contribution in [0.1, 0.15) is 30.5 Å². The maximum atomic E-state index is 12.8. The zero-order valence-corrected chi connectivity index (χ0v) is 24.9. The van der Waals surface area contributed by atoms with Gasteiger partial charge in [-0.2, -0.15) is 0 Å². The summed E-state index contributed by atoms with van der Waals surface area (Å²) in [6, 6.07) is 18.9. The number of carbonyl (C=O) groups is 2. The van der Waals surface area contributed by atoms with E-state index in [-0.39, 0.29) is 10.7 Å². The number of hydrogen-bond donors (Lipinski definition) is 4. The summed E-state index contributed by atoms with van der Waals surface area (Å²) < 4.78 is 27.1. The van der Waals surface area contributed by atoms with Crippen molar-refractivity contribution in [1.82, 2.24) is 5.32 Å². The van der Waals surface area contributed by atoms with Crippen LogP contribution >= 0.6 is 34.8 Å². The van der Waals surface area contributed by atoms with E-state index in [1.54, 1.807) is 71.6 Å². The van der Waals surface area contributed by atoms with Gasteiger partial charge < -0.3 is 15.4 Å². The van der Waals surface area contributed by atoms with Gasteiger partial charge >= 0.3 is 6.09 Å². The highest BCUT2D eigenvalue weighted by molar-refractivity contribution is 7.89. The Hall–Kier alpha value is -3.35. The first-order valence-corrected chi connectivity index (χ1v) is 14.9. The molecular weight excluding hydrogens is 613 g/mol. The fourth-order valence-corrected chi connectivity index (χ4v) is 5.07. The molecule has 3 rings (SSSR count). The molecule has 6 N–H and O–H groups in total. The Morgan fingerprint density at radius 3 is 2.29 bits per heavy atom. The van der Waals surface area contributed by atoms with E-state index >= 15 is 0 Å². The van der Waals surface area contributed by atoms with E-state index in [0.717, 1.165) is 0 Å². The van der Waals surface area contributed by atoms with Crippen LogP contribution in [-0.2, 0) is 19.6 Å². The maximum Gasteiger partial charge on any atom is 0.412 e. The van der Waals surface area contributed by atoms with E-state index in [1.165, 1.54) is 6.07 Å². The van der Waals surface area contributed by atoms with Crippen molar-refractivity contribution in [1.29, 1.82) is 5.41 Å². The molecule has 0 saturated heterocycles. The summed E-state index contributed by atoms with van der Waals surface area (Å²) >= 11 is 16.8. The molecule has 0 aliphatic carbocycles. The zero-order valence-electron chi connectivity index (χ0n) is 21.8. The average molecular weight is 641 g/mol. The third-order valence-electron chi connectivity index (χ3n) is 5.84. The molecule has 218 valence electrons. The molecule has 14 heteroatoms. The summed E-state index contributed by atoms with van der Waals surface area (Å²) in [5.74, 6) is -0.892. The lowest BCUT2D eigenvalue weighted by Crippen LogP contribution is -2.38. The predicted octanol–water partition coefficient (Wildman–Crippen LogP) is 4.87. The van der Waals surface area contributed by atoms with Crippen LogP contribution in [0.2, 0.25) is 0 Å². The molecule has 0 radical (unpaired) electrons. The number of anilines is 1. The number of alkyl halides is 3. The van der Waals surface area contributed by atoms with Gasteiger partial charge in [-0.15, -0.1) is 0 Å². The third kappa shape index (κ3) is 8.82. The summed E-state index contributed by atoms with van der Waals surface area (Å²) in [5.41, 5.74) is 8.35. The van der Waals surface area contributed by atoms with Gasteiger partial charge in [-0.25, -0.2) is 18.4 Å². The topological polar surface area (TPSA) is 169 Å². The highest BCUT2D eigenvalue weighted by Gasteiger charge is 2.27.